The fourth-order valence-electron chi connectivity index (χ4n) is 0.791. The molecule has 0 atom stereocenters. The zero-order valence-electron chi connectivity index (χ0n) is 9.64. The third-order valence-electron chi connectivity index (χ3n) is 1.35. The molecule has 0 saturated carbocycles. The summed E-state index contributed by atoms with van der Waals surface area (Å²) in [5.74, 6) is 0. The van der Waals surface area contributed by atoms with Gasteiger partial charge in [-0.25, -0.2) is 0 Å². The Balaban J connectivity index is 0. The summed E-state index contributed by atoms with van der Waals surface area (Å²) >= 11 is 0. The topological polar surface area (TPSA) is 50.4 Å². The normalized spacial score (nSPS) is 13.4. The molecule has 0 aromatic carbocycles. The molecule has 1 heterocycles. The molecule has 0 bridgehead atoms. The smallest absolute Gasteiger partial charge is 0.145 e. The van der Waals surface area contributed by atoms with Crippen LogP contribution in [0, 0.1) is 0 Å². The number of aldehydes is 1. The summed E-state index contributed by atoms with van der Waals surface area (Å²) in [7, 11) is 3.75. The summed E-state index contributed by atoms with van der Waals surface area (Å²) in [6, 6.07) is 0. The average molecular weight is 204 g/mol. The number of nitrogens with one attached hydrogen (secondary N) is 2. The maximum atomic E-state index is 9.44. The summed E-state index contributed by atoms with van der Waals surface area (Å²) < 4.78 is 4.61. The van der Waals surface area contributed by atoms with Gasteiger partial charge in [0.1, 0.15) is 12.9 Å². The highest BCUT2D eigenvalue weighted by Crippen LogP contribution is 1.90. The molecule has 0 radical (unpaired) electrons. The van der Waals surface area contributed by atoms with Crippen molar-refractivity contribution >= 4 is 6.29 Å². The molecule has 0 aromatic heterocycles. The number of rotatable bonds is 3. The van der Waals surface area contributed by atoms with E-state index in [1.54, 1.807) is 0 Å². The van der Waals surface area contributed by atoms with Crippen LogP contribution in [0.5, 0.6) is 0 Å². The third kappa shape index (κ3) is 22.6. The van der Waals surface area contributed by atoms with Gasteiger partial charge in [-0.15, -0.1) is 0 Å². The van der Waals surface area contributed by atoms with Crippen LogP contribution in [-0.4, -0.2) is 46.7 Å². The van der Waals surface area contributed by atoms with E-state index in [2.05, 4.69) is 15.4 Å². The first-order chi connectivity index (χ1) is 6.83. The highest BCUT2D eigenvalue weighted by molar-refractivity contribution is 5.50. The molecule has 4 heteroatoms. The molecule has 1 fully saturated rings. The van der Waals surface area contributed by atoms with Gasteiger partial charge in [-0.05, 0) is 47.0 Å². The van der Waals surface area contributed by atoms with E-state index in [1.807, 2.05) is 21.0 Å². The zero-order valence-corrected chi connectivity index (χ0v) is 9.64. The van der Waals surface area contributed by atoms with Gasteiger partial charge in [0, 0.05) is 6.61 Å². The van der Waals surface area contributed by atoms with E-state index >= 15 is 0 Å². The van der Waals surface area contributed by atoms with Gasteiger partial charge in [-0.2, -0.15) is 0 Å². The summed E-state index contributed by atoms with van der Waals surface area (Å²) in [4.78, 5) is 9.44. The van der Waals surface area contributed by atoms with Crippen LogP contribution < -0.4 is 10.6 Å². The molecule has 0 aromatic rings. The molecule has 1 rings (SSSR count). The van der Waals surface area contributed by atoms with Crippen molar-refractivity contribution in [2.45, 2.75) is 19.8 Å². The monoisotopic (exact) mass is 204 g/mol. The number of hydrogen-bond donors (Lipinski definition) is 2. The molecule has 1 saturated heterocycles. The first kappa shape index (κ1) is 16.0. The molecule has 2 N–H and O–H groups in total. The van der Waals surface area contributed by atoms with Gasteiger partial charge < -0.3 is 20.2 Å². The molecular weight excluding hydrogens is 180 g/mol. The van der Waals surface area contributed by atoms with Crippen LogP contribution >= 0.6 is 0 Å². The van der Waals surface area contributed by atoms with Crippen LogP contribution in [0.1, 0.15) is 19.8 Å². The lowest BCUT2D eigenvalue weighted by Gasteiger charge is -1.85. The first-order valence-corrected chi connectivity index (χ1v) is 5.14. The van der Waals surface area contributed by atoms with E-state index < -0.39 is 0 Å². The maximum Gasteiger partial charge on any atom is 0.145 e. The van der Waals surface area contributed by atoms with Crippen molar-refractivity contribution in [2.75, 3.05) is 40.4 Å². The molecule has 0 aliphatic carbocycles. The van der Waals surface area contributed by atoms with Crippen molar-refractivity contribution in [3.63, 3.8) is 0 Å². The largest absolute Gasteiger partial charge is 0.374 e. The molecule has 1 aliphatic rings. The predicted molar refractivity (Wildman–Crippen MR) is 59.6 cm³/mol. The molecular formula is C10H24N2O2. The van der Waals surface area contributed by atoms with E-state index in [1.165, 1.54) is 25.9 Å². The zero-order chi connectivity index (χ0) is 11.1. The van der Waals surface area contributed by atoms with Crippen LogP contribution in [0.3, 0.4) is 0 Å². The fourth-order valence-corrected chi connectivity index (χ4v) is 0.791. The highest BCUT2D eigenvalue weighted by atomic mass is 16.5. The Labute approximate surface area is 87.4 Å². The van der Waals surface area contributed by atoms with Gasteiger partial charge in [0.15, 0.2) is 0 Å². The Morgan fingerprint density at radius 2 is 1.86 bits per heavy atom. The molecule has 1 aliphatic heterocycles. The van der Waals surface area contributed by atoms with Crippen molar-refractivity contribution in [2.24, 2.45) is 0 Å². The predicted octanol–water partition coefficient (Wildman–Crippen LogP) is 0.427. The number of carbonyl (C=O) groups excluding carboxylic acids is 1. The average Bonchev–Trinajstić information content (AvgIpc) is 2.74. The number of carbonyl (C=O) groups is 1. The number of ether oxygens (including phenoxy) is 1. The van der Waals surface area contributed by atoms with E-state index in [9.17, 15) is 4.79 Å². The summed E-state index contributed by atoms with van der Waals surface area (Å²) in [5.41, 5.74) is 0. The van der Waals surface area contributed by atoms with Crippen molar-refractivity contribution in [1.29, 1.82) is 0 Å². The fraction of sp³-hybridized carbons (Fsp3) is 0.900. The Kier molecular flexibility index (Phi) is 21.0. The van der Waals surface area contributed by atoms with Crippen LogP contribution in [0.25, 0.3) is 0 Å². The Hall–Kier alpha value is -0.450. The van der Waals surface area contributed by atoms with Crippen molar-refractivity contribution < 1.29 is 9.53 Å². The molecule has 0 spiro atoms. The van der Waals surface area contributed by atoms with E-state index in [-0.39, 0.29) is 6.61 Å². The molecule has 0 amide bonds. The second kappa shape index (κ2) is 18.4. The van der Waals surface area contributed by atoms with Crippen molar-refractivity contribution in [1.82, 2.24) is 10.6 Å². The van der Waals surface area contributed by atoms with E-state index in [0.29, 0.717) is 6.61 Å². The summed E-state index contributed by atoms with van der Waals surface area (Å²) in [6.07, 6.45) is 3.52. The summed E-state index contributed by atoms with van der Waals surface area (Å²) in [5, 5.41) is 5.97. The third-order valence-corrected chi connectivity index (χ3v) is 1.35. The maximum absolute atomic E-state index is 9.44. The molecule has 14 heavy (non-hydrogen) atoms. The van der Waals surface area contributed by atoms with E-state index in [4.69, 9.17) is 0 Å². The first-order valence-electron chi connectivity index (χ1n) is 5.14. The van der Waals surface area contributed by atoms with Gasteiger partial charge in [-0.3, -0.25) is 0 Å². The Morgan fingerprint density at radius 3 is 2.00 bits per heavy atom. The second-order valence-corrected chi connectivity index (χ2v) is 2.78. The minimum absolute atomic E-state index is 0.233. The molecule has 4 nitrogen and oxygen atoms in total. The van der Waals surface area contributed by atoms with Crippen LogP contribution in [0.4, 0.5) is 0 Å². The Bertz CT molecular complexity index is 88.5. The number of hydrogen-bond acceptors (Lipinski definition) is 4. The van der Waals surface area contributed by atoms with Gasteiger partial charge in [0.25, 0.3) is 0 Å². The standard InChI is InChI=1S/C4H9N.C4H8O2.C2H7N/c1-2-4-5-3-1;1-2-6-4-3-5;1-3-2/h5H,1-4H2;3H,2,4H2,1H3;3H,1-2H3. The van der Waals surface area contributed by atoms with Crippen LogP contribution in [0.15, 0.2) is 0 Å². The molecule has 86 valence electrons. The van der Waals surface area contributed by atoms with Gasteiger partial charge in [0.05, 0.1) is 0 Å². The SMILES string of the molecule is C1CCNC1.CCOCC=O.CNC. The quantitative estimate of drug-likeness (QED) is 0.517. The van der Waals surface area contributed by atoms with Gasteiger partial charge in [0.2, 0.25) is 0 Å². The Morgan fingerprint density at radius 1 is 1.36 bits per heavy atom. The molecule has 0 unspecified atom stereocenters. The lowest BCUT2D eigenvalue weighted by molar-refractivity contribution is -0.111. The van der Waals surface area contributed by atoms with Crippen molar-refractivity contribution in [3.8, 4) is 0 Å². The van der Waals surface area contributed by atoms with Gasteiger partial charge in [-0.1, -0.05) is 0 Å². The highest BCUT2D eigenvalue weighted by Gasteiger charge is 1.93. The minimum atomic E-state index is 0.233. The second-order valence-electron chi connectivity index (χ2n) is 2.78. The lowest BCUT2D eigenvalue weighted by Crippen LogP contribution is -2.03. The van der Waals surface area contributed by atoms with Gasteiger partial charge >= 0.3 is 0 Å². The lowest BCUT2D eigenvalue weighted by atomic mass is 10.4. The van der Waals surface area contributed by atoms with Crippen LogP contribution in [-0.2, 0) is 9.53 Å². The van der Waals surface area contributed by atoms with Crippen molar-refractivity contribution in [3.05, 3.63) is 0 Å². The van der Waals surface area contributed by atoms with E-state index in [0.717, 1.165) is 6.29 Å². The minimum Gasteiger partial charge on any atom is -0.374 e. The van der Waals surface area contributed by atoms with Crippen LogP contribution in [0.2, 0.25) is 0 Å². The summed E-state index contributed by atoms with van der Waals surface area (Å²) in [6.45, 7) is 5.21.